The number of phenolic OH excluding ortho intramolecular Hbond substituents is 1. The van der Waals surface area contributed by atoms with E-state index in [0.717, 1.165) is 18.2 Å². The largest absolute Gasteiger partial charge is 0.506 e. The van der Waals surface area contributed by atoms with Gasteiger partial charge in [-0.2, -0.15) is 0 Å². The van der Waals surface area contributed by atoms with Crippen LogP contribution in [0.2, 0.25) is 5.02 Å². The van der Waals surface area contributed by atoms with Gasteiger partial charge in [-0.1, -0.05) is 61.9 Å². The van der Waals surface area contributed by atoms with Crippen molar-refractivity contribution in [2.24, 2.45) is 0 Å². The van der Waals surface area contributed by atoms with E-state index in [1.165, 1.54) is 0 Å². The minimum absolute atomic E-state index is 0.0218. The molecule has 4 heteroatoms. The summed E-state index contributed by atoms with van der Waals surface area (Å²) in [7, 11) is 0. The Morgan fingerprint density at radius 1 is 1.36 bits per heavy atom. The molecule has 0 atom stereocenters. The first-order valence-electron chi connectivity index (χ1n) is 7.01. The summed E-state index contributed by atoms with van der Waals surface area (Å²) in [4.78, 5) is 12.2. The summed E-state index contributed by atoms with van der Waals surface area (Å²) < 4.78 is 4.89. The third kappa shape index (κ3) is 3.15. The van der Waals surface area contributed by atoms with Crippen molar-refractivity contribution in [2.45, 2.75) is 19.8 Å². The number of esters is 1. The second-order valence-electron chi connectivity index (χ2n) is 4.80. The Bertz CT molecular complexity index is 693. The Morgan fingerprint density at radius 3 is 2.64 bits per heavy atom. The molecule has 22 heavy (non-hydrogen) atoms. The fourth-order valence-corrected chi connectivity index (χ4v) is 2.63. The van der Waals surface area contributed by atoms with Gasteiger partial charge in [-0.05, 0) is 23.6 Å². The van der Waals surface area contributed by atoms with Gasteiger partial charge in [-0.15, -0.1) is 0 Å². The SMILES string of the molecule is C=COC(=O)c1cc(-c2ccccc2)c(O)c(Cl)c1CCC. The molecule has 0 aliphatic carbocycles. The van der Waals surface area contributed by atoms with Gasteiger partial charge in [0, 0.05) is 5.56 Å². The molecule has 114 valence electrons. The van der Waals surface area contributed by atoms with Crippen LogP contribution in [0.5, 0.6) is 5.75 Å². The van der Waals surface area contributed by atoms with Gasteiger partial charge in [0.1, 0.15) is 5.75 Å². The molecule has 0 heterocycles. The molecule has 0 saturated heterocycles. The highest BCUT2D eigenvalue weighted by molar-refractivity contribution is 6.34. The summed E-state index contributed by atoms with van der Waals surface area (Å²) in [5.41, 5.74) is 2.22. The zero-order valence-electron chi connectivity index (χ0n) is 12.3. The smallest absolute Gasteiger partial charge is 0.343 e. The first kappa shape index (κ1) is 16.1. The molecule has 0 bridgehead atoms. The molecule has 0 fully saturated rings. The van der Waals surface area contributed by atoms with E-state index >= 15 is 0 Å². The highest BCUT2D eigenvalue weighted by Gasteiger charge is 2.21. The van der Waals surface area contributed by atoms with Crippen LogP contribution in [-0.4, -0.2) is 11.1 Å². The molecule has 3 nitrogen and oxygen atoms in total. The molecule has 0 saturated carbocycles. The standard InChI is InChI=1S/C18H17ClO3/c1-3-8-13-15(18(21)22-4-2)11-14(17(20)16(13)19)12-9-6-5-7-10-12/h4-7,9-11,20H,2-3,8H2,1H3. The third-order valence-electron chi connectivity index (χ3n) is 3.34. The van der Waals surface area contributed by atoms with Crippen molar-refractivity contribution >= 4 is 17.6 Å². The van der Waals surface area contributed by atoms with Gasteiger partial charge in [-0.3, -0.25) is 0 Å². The van der Waals surface area contributed by atoms with E-state index < -0.39 is 5.97 Å². The van der Waals surface area contributed by atoms with Gasteiger partial charge in [0.2, 0.25) is 0 Å². The van der Waals surface area contributed by atoms with Gasteiger partial charge in [0.25, 0.3) is 0 Å². The summed E-state index contributed by atoms with van der Waals surface area (Å²) in [6.07, 6.45) is 2.45. The first-order chi connectivity index (χ1) is 10.6. The quantitative estimate of drug-likeness (QED) is 0.626. The maximum atomic E-state index is 12.2. The molecule has 1 N–H and O–H groups in total. The van der Waals surface area contributed by atoms with Crippen LogP contribution in [0.3, 0.4) is 0 Å². The van der Waals surface area contributed by atoms with E-state index in [2.05, 4.69) is 6.58 Å². The Hall–Kier alpha value is -2.26. The lowest BCUT2D eigenvalue weighted by molar-refractivity contribution is 0.0663. The lowest BCUT2D eigenvalue weighted by atomic mass is 9.95. The predicted octanol–water partition coefficient (Wildman–Crippen LogP) is 4.97. The monoisotopic (exact) mass is 316 g/mol. The molecule has 2 aromatic carbocycles. The number of halogens is 1. The Balaban J connectivity index is 2.67. The van der Waals surface area contributed by atoms with E-state index in [0.29, 0.717) is 23.1 Å². The summed E-state index contributed by atoms with van der Waals surface area (Å²) in [6.45, 7) is 5.37. The lowest BCUT2D eigenvalue weighted by Gasteiger charge is -2.15. The molecule has 2 aromatic rings. The van der Waals surface area contributed by atoms with E-state index in [-0.39, 0.29) is 10.8 Å². The van der Waals surface area contributed by atoms with Crippen molar-refractivity contribution in [3.8, 4) is 16.9 Å². The van der Waals surface area contributed by atoms with E-state index in [4.69, 9.17) is 16.3 Å². The van der Waals surface area contributed by atoms with Crippen LogP contribution in [0.15, 0.2) is 49.2 Å². The van der Waals surface area contributed by atoms with E-state index in [9.17, 15) is 9.90 Å². The number of carbonyl (C=O) groups is 1. The topological polar surface area (TPSA) is 46.5 Å². The number of hydrogen-bond acceptors (Lipinski definition) is 3. The van der Waals surface area contributed by atoms with Gasteiger partial charge < -0.3 is 9.84 Å². The normalized spacial score (nSPS) is 10.3. The zero-order chi connectivity index (χ0) is 16.1. The minimum atomic E-state index is -0.530. The summed E-state index contributed by atoms with van der Waals surface area (Å²) >= 11 is 6.29. The van der Waals surface area contributed by atoms with Gasteiger partial charge in [0.15, 0.2) is 0 Å². The molecule has 0 spiro atoms. The fraction of sp³-hybridized carbons (Fsp3) is 0.167. The molecule has 0 aliphatic heterocycles. The summed E-state index contributed by atoms with van der Waals surface area (Å²) in [5.74, 6) is -0.552. The molecule has 0 aromatic heterocycles. The van der Waals surface area contributed by atoms with Gasteiger partial charge >= 0.3 is 5.97 Å². The number of aromatic hydroxyl groups is 1. The second kappa shape index (κ2) is 7.14. The Morgan fingerprint density at radius 2 is 2.05 bits per heavy atom. The molecular weight excluding hydrogens is 300 g/mol. The highest BCUT2D eigenvalue weighted by atomic mass is 35.5. The molecule has 0 aliphatic rings. The second-order valence-corrected chi connectivity index (χ2v) is 5.18. The maximum Gasteiger partial charge on any atom is 0.343 e. The molecule has 0 unspecified atom stereocenters. The van der Waals surface area contributed by atoms with Gasteiger partial charge in [-0.25, -0.2) is 4.79 Å². The number of carbonyl (C=O) groups excluding carboxylic acids is 1. The van der Waals surface area contributed by atoms with Crippen LogP contribution in [0.1, 0.15) is 29.3 Å². The van der Waals surface area contributed by atoms with E-state index in [1.807, 2.05) is 37.3 Å². The van der Waals surface area contributed by atoms with E-state index in [1.54, 1.807) is 6.07 Å². The average molecular weight is 317 g/mol. The van der Waals surface area contributed by atoms with Crippen LogP contribution < -0.4 is 0 Å². The van der Waals surface area contributed by atoms with Crippen molar-refractivity contribution in [3.05, 3.63) is 65.4 Å². The predicted molar refractivity (Wildman–Crippen MR) is 88.2 cm³/mol. The zero-order valence-corrected chi connectivity index (χ0v) is 13.1. The van der Waals surface area contributed by atoms with Crippen molar-refractivity contribution < 1.29 is 14.6 Å². The lowest BCUT2D eigenvalue weighted by Crippen LogP contribution is -2.07. The van der Waals surface area contributed by atoms with Crippen LogP contribution in [0.4, 0.5) is 0 Å². The Kier molecular flexibility index (Phi) is 5.23. The summed E-state index contributed by atoms with van der Waals surface area (Å²) in [6, 6.07) is 10.9. The number of ether oxygens (including phenoxy) is 1. The average Bonchev–Trinajstić information content (AvgIpc) is 2.53. The maximum absolute atomic E-state index is 12.2. The first-order valence-corrected chi connectivity index (χ1v) is 7.39. The van der Waals surface area contributed by atoms with Crippen molar-refractivity contribution in [2.75, 3.05) is 0 Å². The molecule has 2 rings (SSSR count). The minimum Gasteiger partial charge on any atom is -0.506 e. The third-order valence-corrected chi connectivity index (χ3v) is 3.74. The van der Waals surface area contributed by atoms with Crippen LogP contribution in [0, 0.1) is 0 Å². The van der Waals surface area contributed by atoms with Crippen molar-refractivity contribution in [3.63, 3.8) is 0 Å². The number of rotatable bonds is 5. The molecule has 0 amide bonds. The van der Waals surface area contributed by atoms with Crippen LogP contribution in [0.25, 0.3) is 11.1 Å². The molecular formula is C18H17ClO3. The molecule has 0 radical (unpaired) electrons. The Labute approximate surface area is 134 Å². The van der Waals surface area contributed by atoms with Crippen LogP contribution in [-0.2, 0) is 11.2 Å². The van der Waals surface area contributed by atoms with Gasteiger partial charge in [0.05, 0.1) is 16.8 Å². The van der Waals surface area contributed by atoms with Crippen molar-refractivity contribution in [1.29, 1.82) is 0 Å². The summed E-state index contributed by atoms with van der Waals surface area (Å²) in [5, 5.41) is 10.6. The highest BCUT2D eigenvalue weighted by Crippen LogP contribution is 2.40. The van der Waals surface area contributed by atoms with Crippen LogP contribution >= 0.6 is 11.6 Å². The van der Waals surface area contributed by atoms with Crippen molar-refractivity contribution in [1.82, 2.24) is 0 Å². The number of benzene rings is 2. The number of phenols is 1. The number of hydrogen-bond donors (Lipinski definition) is 1. The fourth-order valence-electron chi connectivity index (χ4n) is 2.33.